The van der Waals surface area contributed by atoms with Gasteiger partial charge in [0.1, 0.15) is 59.3 Å². The molecule has 16 atom stereocenters. The van der Waals surface area contributed by atoms with E-state index in [1.165, 1.54) is 46.3 Å². The number of amides is 6. The van der Waals surface area contributed by atoms with Gasteiger partial charge in [-0.05, 0) is 18.9 Å². The standard InChI is InChI=1S/C56H73N7O26/c1-22(2)39(62-31(65)11-12-57-32(66)20-60-30(64)9-10-33(67)68)50(77)61-26(21-85-53-46(75)44(73)45(74)48(89-53)52(78)79)49(76)58-13-14-59-55(80)56(81)18-25-36(43(72)38-37(41(25)70)40(69)24-7-6-8-28(82-4)35(24)42(38)71)29(19-56)87-34-17-27-47(23(3)86-34)88-51-54(83-5)84-16-15-63(27)51/h6-8,22-23,26-27,29,34,39,44-48,51,53-54,70,72-75,81H,9-21H2,1-5H3,(H,57,66)(H,58,76)(H,59,80)(H,60,64)(H,61,77)(H,62,65)(H,67,68)(H,78,79)/t23-,26-,27?,29-,34+,39-,44-,45-,46+,47+,48-,51+,53+,54-,56-/m0/s1/i9T/t9?,23-,26-,27?,29-,34+,39-,44-,45-,46+,47+,48-,51+,53+,54-,56-. The topological polar surface area (TPSA) is 482 Å². The Balaban J connectivity index is 0.976. The Labute approximate surface area is 508 Å². The molecule has 0 bridgehead atoms. The van der Waals surface area contributed by atoms with Crippen LogP contribution in [0.15, 0.2) is 18.2 Å². The quantitative estimate of drug-likeness (QED) is 0.0280. The molecule has 2 aliphatic carbocycles. The van der Waals surface area contributed by atoms with Gasteiger partial charge in [-0.25, -0.2) is 4.79 Å². The fourth-order valence-electron chi connectivity index (χ4n) is 11.6. The molecule has 2 aromatic carbocycles. The van der Waals surface area contributed by atoms with Crippen LogP contribution in [-0.2, 0) is 77.9 Å². The molecule has 8 rings (SSSR count). The second-order valence-electron chi connectivity index (χ2n) is 22.3. The second-order valence-corrected chi connectivity index (χ2v) is 22.3. The lowest BCUT2D eigenvalue weighted by atomic mass is 9.72. The maximum atomic E-state index is 14.4. The average molecular weight is 1260 g/mol. The molecule has 4 heterocycles. The van der Waals surface area contributed by atoms with Crippen molar-refractivity contribution in [1.29, 1.82) is 0 Å². The summed E-state index contributed by atoms with van der Waals surface area (Å²) in [7, 11) is 2.75. The van der Waals surface area contributed by atoms with Crippen LogP contribution in [0.3, 0.4) is 0 Å². The molecule has 6 amide bonds. The number of ether oxygens (including phenoxy) is 8. The lowest BCUT2D eigenvalue weighted by Gasteiger charge is -2.43. The zero-order valence-electron chi connectivity index (χ0n) is 49.8. The van der Waals surface area contributed by atoms with E-state index in [1.54, 1.807) is 6.92 Å². The number of methoxy groups -OCH3 is 2. The third-order valence-electron chi connectivity index (χ3n) is 16.0. The van der Waals surface area contributed by atoms with Crippen LogP contribution < -0.4 is 36.6 Å². The van der Waals surface area contributed by atoms with Crippen LogP contribution in [0.5, 0.6) is 17.2 Å². The van der Waals surface area contributed by atoms with Gasteiger partial charge in [-0.15, -0.1) is 0 Å². The summed E-state index contributed by atoms with van der Waals surface area (Å²) in [5.41, 5.74) is -4.65. The number of phenols is 2. The Morgan fingerprint density at radius 3 is 2.21 bits per heavy atom. The van der Waals surface area contributed by atoms with Crippen LogP contribution in [0.4, 0.5) is 0 Å². The van der Waals surface area contributed by atoms with Gasteiger partial charge in [0.2, 0.25) is 35.3 Å². The van der Waals surface area contributed by atoms with Crippen molar-refractivity contribution in [2.45, 2.75) is 151 Å². The molecule has 33 heteroatoms. The smallest absolute Gasteiger partial charge is 0.335 e. The number of fused-ring (bicyclic) bond motifs is 6. The third kappa shape index (κ3) is 14.6. The first kappa shape index (κ1) is 65.9. The number of benzene rings is 2. The predicted molar refractivity (Wildman–Crippen MR) is 294 cm³/mol. The van der Waals surface area contributed by atoms with Gasteiger partial charge in [-0.1, -0.05) is 26.0 Å². The molecule has 14 N–H and O–H groups in total. The molecule has 4 aliphatic heterocycles. The summed E-state index contributed by atoms with van der Waals surface area (Å²) >= 11 is 0. The number of aliphatic hydroxyl groups is 4. The van der Waals surface area contributed by atoms with Crippen molar-refractivity contribution >= 4 is 58.9 Å². The van der Waals surface area contributed by atoms with Gasteiger partial charge in [0.25, 0.3) is 5.91 Å². The van der Waals surface area contributed by atoms with Gasteiger partial charge in [-0.2, -0.15) is 0 Å². The summed E-state index contributed by atoms with van der Waals surface area (Å²) in [6.45, 7) is 2.61. The van der Waals surface area contributed by atoms with Crippen molar-refractivity contribution in [2.75, 3.05) is 60.2 Å². The molecule has 89 heavy (non-hydrogen) atoms. The molecular weight excluding hydrogens is 1190 g/mol. The zero-order chi connectivity index (χ0) is 65.8. The lowest BCUT2D eigenvalue weighted by molar-refractivity contribution is -0.294. The van der Waals surface area contributed by atoms with Crippen molar-refractivity contribution < 1.29 is 128 Å². The molecule has 0 radical (unpaired) electrons. The van der Waals surface area contributed by atoms with Crippen LogP contribution in [0.25, 0.3) is 0 Å². The number of morpholine rings is 1. The van der Waals surface area contributed by atoms with Crippen LogP contribution in [0, 0.1) is 5.92 Å². The number of carboxylic acids is 2. The normalized spacial score (nSPS) is 29.0. The number of nitrogens with zero attached hydrogens (tertiary/aromatic N) is 1. The summed E-state index contributed by atoms with van der Waals surface area (Å²) in [6, 6.07) is 0.618. The maximum Gasteiger partial charge on any atom is 0.335 e. The molecular formula is C56H73N7O26. The zero-order valence-corrected chi connectivity index (χ0v) is 48.8. The van der Waals surface area contributed by atoms with E-state index in [0.717, 1.165) is 0 Å². The number of aromatic hydroxyl groups is 2. The Morgan fingerprint density at radius 1 is 0.809 bits per heavy atom. The Hall–Kier alpha value is -7.54. The number of phenolic OH excluding ortho intramolecular Hbond substituents is 2. The van der Waals surface area contributed by atoms with E-state index in [-0.39, 0.29) is 47.0 Å². The van der Waals surface area contributed by atoms with Crippen molar-refractivity contribution in [3.8, 4) is 17.2 Å². The highest BCUT2D eigenvalue weighted by Gasteiger charge is 2.56. The van der Waals surface area contributed by atoms with E-state index < -0.39 is 231 Å². The SMILES string of the molecule is [3H]C(CC(=O)O)C(=O)NCC(=O)NCCC(=O)N[C@H](C(=O)N[C@@H](CO[C@@H]1O[C@H](C(=O)O)[C@@H](O)[C@H](O)[C@H]1O)C(=O)NCCNC(=O)[C@]1(O)Cc2c(O)c3c(c(O)c2[C@@H](O[C@@H]2CC4[C@H](O[C@@H]5[C@@H](OC)OCCN45)[C@H](C)O2)C1)C(=O)c1c(OC)cccc1C3=O)C(C)C. The summed E-state index contributed by atoms with van der Waals surface area (Å²) in [4.78, 5) is 133. The van der Waals surface area contributed by atoms with Gasteiger partial charge in [-0.3, -0.25) is 48.1 Å². The Kier molecular flexibility index (Phi) is 21.1. The van der Waals surface area contributed by atoms with Crippen LogP contribution in [0.2, 0.25) is 0 Å². The number of hydrogen-bond acceptors (Lipinski definition) is 25. The highest BCUT2D eigenvalue weighted by molar-refractivity contribution is 6.31. The maximum absolute atomic E-state index is 14.4. The van der Waals surface area contributed by atoms with Gasteiger partial charge >= 0.3 is 11.9 Å². The molecule has 0 aromatic heterocycles. The van der Waals surface area contributed by atoms with Gasteiger partial charge < -0.3 is 111 Å². The monoisotopic (exact) mass is 1260 g/mol. The number of aliphatic hydroxyl groups excluding tert-OH is 3. The van der Waals surface area contributed by atoms with E-state index in [2.05, 4.69) is 31.9 Å². The van der Waals surface area contributed by atoms with Crippen molar-refractivity contribution in [1.82, 2.24) is 36.8 Å². The molecule has 2 unspecified atom stereocenters. The minimum absolute atomic E-state index is 0.00495. The number of aliphatic carboxylic acids is 2. The molecule has 0 saturated carbocycles. The minimum atomic E-state index is -2.56. The molecule has 4 saturated heterocycles. The van der Waals surface area contributed by atoms with E-state index in [0.29, 0.717) is 13.2 Å². The molecule has 2 aromatic rings. The van der Waals surface area contributed by atoms with Gasteiger partial charge in [0.15, 0.2) is 37.0 Å². The fourth-order valence-corrected chi connectivity index (χ4v) is 11.6. The number of nitrogens with one attached hydrogen (secondary N) is 6. The van der Waals surface area contributed by atoms with Gasteiger partial charge in [0, 0.05) is 89.5 Å². The van der Waals surface area contributed by atoms with E-state index in [4.69, 9.17) is 44.4 Å². The van der Waals surface area contributed by atoms with Crippen molar-refractivity contribution in [3.05, 3.63) is 51.6 Å². The molecule has 4 fully saturated rings. The summed E-state index contributed by atoms with van der Waals surface area (Å²) < 4.78 is 54.2. The first-order valence-corrected chi connectivity index (χ1v) is 28.4. The van der Waals surface area contributed by atoms with E-state index >= 15 is 0 Å². The van der Waals surface area contributed by atoms with Crippen molar-refractivity contribution in [2.24, 2.45) is 5.92 Å². The van der Waals surface area contributed by atoms with Gasteiger partial charge in [0.05, 0.1) is 62.2 Å². The van der Waals surface area contributed by atoms with Crippen LogP contribution >= 0.6 is 0 Å². The second kappa shape index (κ2) is 28.5. The van der Waals surface area contributed by atoms with E-state index in [1.807, 2.05) is 4.90 Å². The van der Waals surface area contributed by atoms with Crippen LogP contribution in [-0.4, -0.2) is 250 Å². The highest BCUT2D eigenvalue weighted by atomic mass is 16.7. The first-order valence-electron chi connectivity index (χ1n) is 29.0. The first-order chi connectivity index (χ1) is 42.6. The fraction of sp³-hybridized carbons (Fsp3) is 0.607. The number of carboxylic acid groups (broad SMARTS) is 2. The number of rotatable bonds is 25. The molecule has 33 nitrogen and oxygen atoms in total. The molecule has 6 aliphatic rings. The predicted octanol–water partition coefficient (Wildman–Crippen LogP) is -4.60. The summed E-state index contributed by atoms with van der Waals surface area (Å²) in [5, 5.41) is 101. The molecule has 0 spiro atoms. The highest BCUT2D eigenvalue weighted by Crippen LogP contribution is 2.53. The average Bonchev–Trinajstić information content (AvgIpc) is 0.871. The number of hydrogen-bond donors (Lipinski definition) is 14. The minimum Gasteiger partial charge on any atom is -0.507 e. The third-order valence-corrected chi connectivity index (χ3v) is 16.0. The largest absolute Gasteiger partial charge is 0.507 e. The number of carbonyl (C=O) groups is 10. The van der Waals surface area contributed by atoms with Crippen LogP contribution in [0.1, 0.15) is 103 Å². The molecule has 488 valence electrons. The summed E-state index contributed by atoms with van der Waals surface area (Å²) in [6.07, 6.45) is -19.9. The van der Waals surface area contributed by atoms with E-state index in [9.17, 15) is 83.7 Å². The Bertz CT molecular complexity index is 3120. The Morgan fingerprint density at radius 2 is 1.53 bits per heavy atom. The van der Waals surface area contributed by atoms with Crippen molar-refractivity contribution in [3.63, 3.8) is 0 Å². The number of carbonyl (C=O) groups excluding carboxylic acids is 8. The lowest BCUT2D eigenvalue weighted by Crippen LogP contribution is -2.61. The number of ketones is 2. The summed E-state index contributed by atoms with van der Waals surface area (Å²) in [5.74, 6) is -13.1.